The molecule has 0 atom stereocenters. The second-order valence-electron chi connectivity index (χ2n) is 1.32. The fourth-order valence-corrected chi connectivity index (χ4v) is 0.422. The van der Waals surface area contributed by atoms with Crippen molar-refractivity contribution in [1.82, 2.24) is 4.98 Å². The average molecular weight is 168 g/mol. The first-order chi connectivity index (χ1) is 3.93. The van der Waals surface area contributed by atoms with E-state index in [1.807, 2.05) is 0 Å². The minimum absolute atomic E-state index is 0. The number of rotatable bonds is 1. The van der Waals surface area contributed by atoms with E-state index < -0.39 is 0 Å². The van der Waals surface area contributed by atoms with Gasteiger partial charge in [-0.15, -0.1) is 0 Å². The van der Waals surface area contributed by atoms with Gasteiger partial charge in [0.25, 0.3) is 0 Å². The number of hydrogen-bond donors (Lipinski definition) is 0. The van der Waals surface area contributed by atoms with Crippen LogP contribution < -0.4 is 17.1 Å². The van der Waals surface area contributed by atoms with E-state index in [0.29, 0.717) is 0 Å². The monoisotopic (exact) mass is 167 g/mol. The van der Waals surface area contributed by atoms with Gasteiger partial charge in [0.05, 0.1) is 7.11 Å². The van der Waals surface area contributed by atoms with Gasteiger partial charge in [0, 0.05) is 0 Å². The summed E-state index contributed by atoms with van der Waals surface area (Å²) >= 11 is 0. The summed E-state index contributed by atoms with van der Waals surface area (Å²) in [6, 6.07) is 4.50. The molecule has 0 unspecified atom stereocenters. The quantitative estimate of drug-likeness (QED) is 0.342. The fourth-order valence-electron chi connectivity index (χ4n) is 0.422. The van der Waals surface area contributed by atoms with Gasteiger partial charge in [-0.25, -0.2) is 6.07 Å². The molecule has 1 aromatic heterocycles. The summed E-state index contributed by atoms with van der Waals surface area (Å²) < 4.78 is 4.82. The molecule has 0 saturated heterocycles. The Hall–Kier alpha value is 0.00623. The number of nitrogens with zero attached hydrogens (tertiary/aromatic N) is 1. The molecule has 0 N–H and O–H groups in total. The molecule has 4 heteroatoms. The third-order valence-corrected chi connectivity index (χ3v) is 0.812. The Morgan fingerprint density at radius 1 is 1.60 bits per heavy atom. The molecule has 0 spiro atoms. The topological polar surface area (TPSA) is 22.1 Å². The molecular formula is C6H6ClMgNO. The third kappa shape index (κ3) is 3.93. The first-order valence-electron chi connectivity index (χ1n) is 2.28. The number of ether oxygens (including phenoxy) is 1. The van der Waals surface area contributed by atoms with Crippen molar-refractivity contribution in [2.45, 2.75) is 0 Å². The van der Waals surface area contributed by atoms with E-state index in [9.17, 15) is 0 Å². The van der Waals surface area contributed by atoms with Crippen LogP contribution in [0.4, 0.5) is 0 Å². The molecule has 1 heterocycles. The van der Waals surface area contributed by atoms with Crippen molar-refractivity contribution in [3.8, 4) is 5.75 Å². The number of halogens is 1. The second kappa shape index (κ2) is 7.12. The van der Waals surface area contributed by atoms with Crippen LogP contribution >= 0.6 is 0 Å². The van der Waals surface area contributed by atoms with Crippen LogP contribution in [-0.2, 0) is 0 Å². The van der Waals surface area contributed by atoms with E-state index >= 15 is 0 Å². The van der Waals surface area contributed by atoms with Crippen molar-refractivity contribution in [3.63, 3.8) is 0 Å². The summed E-state index contributed by atoms with van der Waals surface area (Å²) in [6.07, 6.45) is 3.22. The van der Waals surface area contributed by atoms with Crippen molar-refractivity contribution in [3.05, 3.63) is 24.5 Å². The Bertz CT molecular complexity index is 159. The predicted octanol–water partition coefficient (Wildman–Crippen LogP) is -2.49. The van der Waals surface area contributed by atoms with Gasteiger partial charge in [-0.3, -0.25) is 0 Å². The van der Waals surface area contributed by atoms with Gasteiger partial charge < -0.3 is 22.1 Å². The van der Waals surface area contributed by atoms with Crippen LogP contribution in [0, 0.1) is 6.07 Å². The van der Waals surface area contributed by atoms with Crippen LogP contribution in [0.3, 0.4) is 0 Å². The second-order valence-corrected chi connectivity index (χ2v) is 1.32. The first-order valence-corrected chi connectivity index (χ1v) is 2.28. The number of pyridine rings is 1. The van der Waals surface area contributed by atoms with Gasteiger partial charge >= 0.3 is 23.1 Å². The largest absolute Gasteiger partial charge is 2.00 e. The molecule has 0 bridgehead atoms. The Morgan fingerprint density at radius 3 is 2.60 bits per heavy atom. The van der Waals surface area contributed by atoms with Crippen LogP contribution in [0.25, 0.3) is 0 Å². The zero-order chi connectivity index (χ0) is 5.82. The van der Waals surface area contributed by atoms with Crippen molar-refractivity contribution in [2.75, 3.05) is 7.11 Å². The summed E-state index contributed by atoms with van der Waals surface area (Å²) in [6.45, 7) is 0. The summed E-state index contributed by atoms with van der Waals surface area (Å²) in [4.78, 5) is 3.77. The Kier molecular flexibility index (Phi) is 9.01. The Labute approximate surface area is 82.6 Å². The van der Waals surface area contributed by atoms with Gasteiger partial charge in [0.2, 0.25) is 0 Å². The third-order valence-electron chi connectivity index (χ3n) is 0.812. The summed E-state index contributed by atoms with van der Waals surface area (Å²) in [5.74, 6) is 0.743. The van der Waals surface area contributed by atoms with E-state index in [1.54, 1.807) is 25.6 Å². The maximum Gasteiger partial charge on any atom is 2.00 e. The summed E-state index contributed by atoms with van der Waals surface area (Å²) in [5, 5.41) is 0. The Balaban J connectivity index is 0. The van der Waals surface area contributed by atoms with Crippen LogP contribution in [0.15, 0.2) is 18.5 Å². The van der Waals surface area contributed by atoms with Gasteiger partial charge in [-0.2, -0.15) is 6.07 Å². The molecule has 0 amide bonds. The van der Waals surface area contributed by atoms with E-state index in [1.165, 1.54) is 0 Å². The van der Waals surface area contributed by atoms with Crippen LogP contribution in [0.1, 0.15) is 0 Å². The smallest absolute Gasteiger partial charge is 1.00 e. The standard InChI is InChI=1S/C6H6NO.ClH.Mg/c1-8-6-3-2-4-7-5-6;;/h3-5H,1H3;1H;/q-1;;+2/p-1. The molecular weight excluding hydrogens is 162 g/mol. The molecule has 0 aliphatic carbocycles. The van der Waals surface area contributed by atoms with E-state index in [0.717, 1.165) is 5.75 Å². The number of aromatic nitrogens is 1. The van der Waals surface area contributed by atoms with Crippen molar-refractivity contribution >= 4 is 23.1 Å². The molecule has 0 aliphatic heterocycles. The van der Waals surface area contributed by atoms with Crippen LogP contribution in [0.5, 0.6) is 5.75 Å². The summed E-state index contributed by atoms with van der Waals surface area (Å²) in [7, 11) is 1.60. The zero-order valence-electron chi connectivity index (χ0n) is 5.67. The van der Waals surface area contributed by atoms with Gasteiger partial charge in [0.1, 0.15) is 0 Å². The minimum atomic E-state index is 0. The minimum Gasteiger partial charge on any atom is -1.00 e. The number of hydrogen-bond acceptors (Lipinski definition) is 2. The SMILES string of the molecule is COc1c[c-]cnc1.[Cl-].[Mg+2]. The molecule has 1 aromatic rings. The van der Waals surface area contributed by atoms with E-state index in [4.69, 9.17) is 4.74 Å². The number of methoxy groups -OCH3 is 1. The molecule has 2 nitrogen and oxygen atoms in total. The van der Waals surface area contributed by atoms with Gasteiger partial charge in [0.15, 0.2) is 0 Å². The van der Waals surface area contributed by atoms with Crippen LogP contribution in [-0.4, -0.2) is 35.1 Å². The van der Waals surface area contributed by atoms with E-state index in [2.05, 4.69) is 11.1 Å². The van der Waals surface area contributed by atoms with Gasteiger partial charge in [-0.05, 0) is 11.9 Å². The van der Waals surface area contributed by atoms with Crippen molar-refractivity contribution in [2.24, 2.45) is 0 Å². The molecule has 0 radical (unpaired) electrons. The molecule has 0 fully saturated rings. The molecule has 50 valence electrons. The molecule has 0 aromatic carbocycles. The van der Waals surface area contributed by atoms with Crippen molar-refractivity contribution < 1.29 is 17.1 Å². The fraction of sp³-hybridized carbons (Fsp3) is 0.167. The molecule has 0 aliphatic rings. The summed E-state index contributed by atoms with van der Waals surface area (Å²) in [5.41, 5.74) is 0. The van der Waals surface area contributed by atoms with Gasteiger partial charge in [-0.1, -0.05) is 6.20 Å². The Morgan fingerprint density at radius 2 is 2.30 bits per heavy atom. The maximum atomic E-state index is 4.82. The normalized spacial score (nSPS) is 6.90. The predicted molar refractivity (Wildman–Crippen MR) is 35.4 cm³/mol. The molecule has 10 heavy (non-hydrogen) atoms. The molecule has 1 rings (SSSR count). The van der Waals surface area contributed by atoms with Crippen molar-refractivity contribution in [1.29, 1.82) is 0 Å². The maximum absolute atomic E-state index is 4.82. The first kappa shape index (κ1) is 12.7. The molecule has 0 saturated carbocycles. The van der Waals surface area contributed by atoms with E-state index in [-0.39, 0.29) is 35.5 Å². The average Bonchev–Trinajstić information content (AvgIpc) is 1.90. The zero-order valence-corrected chi connectivity index (χ0v) is 7.84. The van der Waals surface area contributed by atoms with Crippen LogP contribution in [0.2, 0.25) is 0 Å².